The summed E-state index contributed by atoms with van der Waals surface area (Å²) in [5, 5.41) is 20.6. The van der Waals surface area contributed by atoms with Gasteiger partial charge in [-0.15, -0.1) is 0 Å². The first-order chi connectivity index (χ1) is 15.2. The van der Waals surface area contributed by atoms with Crippen LogP contribution in [0.4, 0.5) is 5.95 Å². The van der Waals surface area contributed by atoms with E-state index in [1.165, 1.54) is 12.1 Å². The van der Waals surface area contributed by atoms with Crippen molar-refractivity contribution < 1.29 is 29.3 Å². The van der Waals surface area contributed by atoms with Gasteiger partial charge in [-0.1, -0.05) is 6.07 Å². The predicted molar refractivity (Wildman–Crippen MR) is 113 cm³/mol. The Bertz CT molecular complexity index is 1220. The first kappa shape index (κ1) is 22.3. The number of benzene rings is 1. The molecule has 12 heteroatoms. The molecule has 0 radical (unpaired) electrons. The molecule has 0 aliphatic heterocycles. The van der Waals surface area contributed by atoms with E-state index in [0.717, 1.165) is 0 Å². The van der Waals surface area contributed by atoms with Gasteiger partial charge in [0.2, 0.25) is 5.95 Å². The average molecular weight is 443 g/mol. The zero-order chi connectivity index (χ0) is 23.3. The normalized spacial score (nSPS) is 11.8. The van der Waals surface area contributed by atoms with Crippen LogP contribution in [0.5, 0.6) is 5.75 Å². The summed E-state index contributed by atoms with van der Waals surface area (Å²) in [5.74, 6) is -2.74. The third-order valence-corrected chi connectivity index (χ3v) is 4.56. The van der Waals surface area contributed by atoms with E-state index in [2.05, 4.69) is 20.3 Å². The van der Waals surface area contributed by atoms with Crippen molar-refractivity contribution in [3.8, 4) is 5.75 Å². The molecule has 32 heavy (non-hydrogen) atoms. The minimum atomic E-state index is -1.32. The molecule has 1 aromatic carbocycles. The molecule has 12 nitrogen and oxygen atoms in total. The van der Waals surface area contributed by atoms with E-state index in [9.17, 15) is 24.3 Å². The Labute approximate surface area is 180 Å². The lowest BCUT2D eigenvalue weighted by molar-refractivity contribution is -0.140. The summed E-state index contributed by atoms with van der Waals surface area (Å²) < 4.78 is 5.66. The van der Waals surface area contributed by atoms with Crippen LogP contribution in [0.15, 0.2) is 35.1 Å². The summed E-state index contributed by atoms with van der Waals surface area (Å²) in [6.45, 7) is 0.224. The van der Waals surface area contributed by atoms with E-state index < -0.39 is 23.9 Å². The van der Waals surface area contributed by atoms with Gasteiger partial charge in [-0.2, -0.15) is 4.98 Å². The van der Waals surface area contributed by atoms with Crippen LogP contribution in [-0.4, -0.2) is 55.7 Å². The van der Waals surface area contributed by atoms with Gasteiger partial charge in [0.25, 0.3) is 11.5 Å². The van der Waals surface area contributed by atoms with Crippen molar-refractivity contribution in [2.75, 3.05) is 12.3 Å². The second kappa shape index (κ2) is 9.64. The van der Waals surface area contributed by atoms with Crippen LogP contribution in [0.2, 0.25) is 0 Å². The number of hydrogen-bond donors (Lipinski definition) is 6. The molecule has 2 heterocycles. The smallest absolute Gasteiger partial charge is 0.326 e. The lowest BCUT2D eigenvalue weighted by Gasteiger charge is -2.14. The van der Waals surface area contributed by atoms with Gasteiger partial charge >= 0.3 is 11.9 Å². The highest BCUT2D eigenvalue weighted by Gasteiger charge is 2.21. The standard InChI is InChI=1S/C20H21N5O7/c21-20-24-16-13(18(29)25-20)9-11(22-16)6-7-32-12-3-1-2-10(8-12)17(28)23-14(19(30)31)4-5-15(26)27/h1-3,8-9,14H,4-7H2,(H,23,28)(H,26,27)(H,30,31)(H4,21,22,24,25,29)/t14-/m0/s1. The van der Waals surface area contributed by atoms with Crippen molar-refractivity contribution in [3.05, 3.63) is 51.9 Å². The van der Waals surface area contributed by atoms with Gasteiger partial charge < -0.3 is 31.0 Å². The number of anilines is 1. The Kier molecular flexibility index (Phi) is 6.73. The molecule has 0 spiro atoms. The molecule has 0 aliphatic rings. The van der Waals surface area contributed by atoms with Crippen LogP contribution in [-0.2, 0) is 16.0 Å². The van der Waals surface area contributed by atoms with Crippen LogP contribution in [0, 0.1) is 0 Å². The highest BCUT2D eigenvalue weighted by molar-refractivity contribution is 5.97. The summed E-state index contributed by atoms with van der Waals surface area (Å²) in [4.78, 5) is 55.6. The summed E-state index contributed by atoms with van der Waals surface area (Å²) in [6.07, 6.45) is -0.203. The van der Waals surface area contributed by atoms with Gasteiger partial charge in [0.1, 0.15) is 17.4 Å². The van der Waals surface area contributed by atoms with Crippen LogP contribution >= 0.6 is 0 Å². The number of carbonyl (C=O) groups is 3. The molecule has 1 amide bonds. The van der Waals surface area contributed by atoms with Crippen molar-refractivity contribution in [1.82, 2.24) is 20.3 Å². The van der Waals surface area contributed by atoms with Gasteiger partial charge in [-0.3, -0.25) is 19.4 Å². The van der Waals surface area contributed by atoms with Gasteiger partial charge in [-0.05, 0) is 30.7 Å². The molecule has 2 aromatic heterocycles. The van der Waals surface area contributed by atoms with Crippen LogP contribution in [0.25, 0.3) is 11.0 Å². The molecule has 3 aromatic rings. The Balaban J connectivity index is 1.60. The molecular formula is C20H21N5O7. The van der Waals surface area contributed by atoms with Gasteiger partial charge in [0.15, 0.2) is 0 Å². The minimum absolute atomic E-state index is 0.00957. The summed E-state index contributed by atoms with van der Waals surface area (Å²) >= 11 is 0. The molecule has 0 bridgehead atoms. The SMILES string of the molecule is Nc1nc2[nH]c(CCOc3cccc(C(=O)N[C@@H](CCC(=O)O)C(=O)O)c3)cc2c(=O)[nH]1. The molecule has 0 aliphatic carbocycles. The number of carboxylic acid groups (broad SMARTS) is 2. The Morgan fingerprint density at radius 3 is 2.69 bits per heavy atom. The van der Waals surface area contributed by atoms with E-state index in [-0.39, 0.29) is 36.5 Å². The highest BCUT2D eigenvalue weighted by Crippen LogP contribution is 2.15. The quantitative estimate of drug-likeness (QED) is 0.258. The number of amides is 1. The third-order valence-electron chi connectivity index (χ3n) is 4.56. The predicted octanol–water partition coefficient (Wildman–Crippen LogP) is 0.503. The molecule has 168 valence electrons. The maximum Gasteiger partial charge on any atom is 0.326 e. The number of ether oxygens (including phenoxy) is 1. The van der Waals surface area contributed by atoms with Gasteiger partial charge in [-0.25, -0.2) is 4.79 Å². The highest BCUT2D eigenvalue weighted by atomic mass is 16.5. The zero-order valence-electron chi connectivity index (χ0n) is 16.8. The maximum atomic E-state index is 12.4. The number of aliphatic carboxylic acids is 2. The Morgan fingerprint density at radius 2 is 1.97 bits per heavy atom. The fourth-order valence-electron chi connectivity index (χ4n) is 3.00. The summed E-state index contributed by atoms with van der Waals surface area (Å²) in [6, 6.07) is 6.47. The number of H-pyrrole nitrogens is 2. The number of nitrogens with two attached hydrogens (primary N) is 1. The topological polar surface area (TPSA) is 200 Å². The number of fused-ring (bicyclic) bond motifs is 1. The first-order valence-electron chi connectivity index (χ1n) is 9.58. The number of carboxylic acids is 2. The molecular weight excluding hydrogens is 422 g/mol. The van der Waals surface area contributed by atoms with Crippen molar-refractivity contribution >= 4 is 34.8 Å². The third kappa shape index (κ3) is 5.62. The fraction of sp³-hybridized carbons (Fsp3) is 0.250. The second-order valence-electron chi connectivity index (χ2n) is 6.93. The number of aromatic amines is 2. The van der Waals surface area contributed by atoms with E-state index >= 15 is 0 Å². The summed E-state index contributed by atoms with van der Waals surface area (Å²) in [5.41, 5.74) is 6.42. The average Bonchev–Trinajstić information content (AvgIpc) is 3.14. The maximum absolute atomic E-state index is 12.4. The first-order valence-corrected chi connectivity index (χ1v) is 9.58. The molecule has 0 unspecified atom stereocenters. The lowest BCUT2D eigenvalue weighted by atomic mass is 10.1. The van der Waals surface area contributed by atoms with Gasteiger partial charge in [0, 0.05) is 24.1 Å². The van der Waals surface area contributed by atoms with Crippen LogP contribution in [0.1, 0.15) is 28.9 Å². The molecule has 1 atom stereocenters. The number of rotatable bonds is 10. The number of hydrogen-bond acceptors (Lipinski definition) is 7. The fourth-order valence-corrected chi connectivity index (χ4v) is 3.00. The lowest BCUT2D eigenvalue weighted by Crippen LogP contribution is -2.41. The number of nitrogens with zero attached hydrogens (tertiary/aromatic N) is 1. The summed E-state index contributed by atoms with van der Waals surface area (Å²) in [7, 11) is 0. The van der Waals surface area contributed by atoms with Crippen LogP contribution in [0.3, 0.4) is 0 Å². The molecule has 3 rings (SSSR count). The van der Waals surface area contributed by atoms with Crippen molar-refractivity contribution in [2.45, 2.75) is 25.3 Å². The molecule has 0 saturated heterocycles. The zero-order valence-corrected chi connectivity index (χ0v) is 16.8. The number of nitrogens with one attached hydrogen (secondary N) is 3. The van der Waals surface area contributed by atoms with Crippen molar-refractivity contribution in [2.24, 2.45) is 0 Å². The Hall–Kier alpha value is -4.35. The van der Waals surface area contributed by atoms with Gasteiger partial charge in [0.05, 0.1) is 12.0 Å². The largest absolute Gasteiger partial charge is 0.493 e. The second-order valence-corrected chi connectivity index (χ2v) is 6.93. The molecule has 0 fully saturated rings. The minimum Gasteiger partial charge on any atom is -0.493 e. The van der Waals surface area contributed by atoms with E-state index in [0.29, 0.717) is 28.9 Å². The molecule has 0 saturated carbocycles. The Morgan fingerprint density at radius 1 is 1.19 bits per heavy atom. The van der Waals surface area contributed by atoms with Crippen LogP contribution < -0.4 is 21.3 Å². The number of carbonyl (C=O) groups excluding carboxylic acids is 1. The van der Waals surface area contributed by atoms with E-state index in [4.69, 9.17) is 15.6 Å². The monoisotopic (exact) mass is 443 g/mol. The number of aromatic nitrogens is 3. The molecule has 7 N–H and O–H groups in total. The van der Waals surface area contributed by atoms with E-state index in [1.54, 1.807) is 18.2 Å². The van der Waals surface area contributed by atoms with Crippen molar-refractivity contribution in [1.29, 1.82) is 0 Å². The van der Waals surface area contributed by atoms with E-state index in [1.807, 2.05) is 0 Å². The van der Waals surface area contributed by atoms with Crippen molar-refractivity contribution in [3.63, 3.8) is 0 Å². The number of nitrogen functional groups attached to an aromatic ring is 1.